The number of halogens is 3. The van der Waals surface area contributed by atoms with E-state index in [1.807, 2.05) is 6.07 Å². The second kappa shape index (κ2) is 16.5. The Bertz CT molecular complexity index is 1240. The highest BCUT2D eigenvalue weighted by Crippen LogP contribution is 2.45. The van der Waals surface area contributed by atoms with E-state index in [1.54, 1.807) is 0 Å². The van der Waals surface area contributed by atoms with Crippen LogP contribution in [0.1, 0.15) is 131 Å². The van der Waals surface area contributed by atoms with Crippen molar-refractivity contribution in [2.24, 2.45) is 17.8 Å². The first-order valence-electron chi connectivity index (χ1n) is 15.9. The summed E-state index contributed by atoms with van der Waals surface area (Å²) in [5.41, 5.74) is 4.79. The number of carbonyl (C=O) groups is 1. The van der Waals surface area contributed by atoms with Gasteiger partial charge in [0.15, 0.2) is 0 Å². The number of ether oxygens (including phenoxy) is 2. The molecule has 0 spiro atoms. The smallest absolute Gasteiger partial charge is 0.344 e. The lowest BCUT2D eigenvalue weighted by Crippen LogP contribution is -2.37. The minimum atomic E-state index is -0.294. The van der Waals surface area contributed by atoms with Crippen LogP contribution in [0.25, 0.3) is 0 Å². The molecule has 0 N–H and O–H groups in total. The van der Waals surface area contributed by atoms with E-state index < -0.39 is 0 Å². The van der Waals surface area contributed by atoms with Crippen molar-refractivity contribution in [3.05, 3.63) is 50.7 Å². The van der Waals surface area contributed by atoms with E-state index in [4.69, 9.17) is 9.47 Å². The second-order valence-electron chi connectivity index (χ2n) is 13.6. The van der Waals surface area contributed by atoms with Gasteiger partial charge in [0, 0.05) is 16.3 Å². The zero-order valence-corrected chi connectivity index (χ0v) is 33.5. The largest absolute Gasteiger partial charge is 0.487 e. The summed E-state index contributed by atoms with van der Waals surface area (Å²) in [4.78, 5) is 13.3. The first-order valence-corrected chi connectivity index (χ1v) is 19.1. The molecule has 2 aromatic rings. The van der Waals surface area contributed by atoms with Gasteiger partial charge < -0.3 is 9.47 Å². The highest BCUT2D eigenvalue weighted by atomic mass is 127. The van der Waals surface area contributed by atoms with Gasteiger partial charge in [-0.15, -0.1) is 0 Å². The number of fused-ring (bicyclic) bond motifs is 1. The van der Waals surface area contributed by atoms with Crippen LogP contribution in [-0.2, 0) is 6.42 Å². The summed E-state index contributed by atoms with van der Waals surface area (Å²) in [6.07, 6.45) is 13.7. The molecule has 42 heavy (non-hydrogen) atoms. The van der Waals surface area contributed by atoms with E-state index >= 15 is 0 Å². The average Bonchev–Trinajstić information content (AvgIpc) is 2.91. The number of carbonyl (C=O) groups excluding carboxylic acids is 1. The Kier molecular flexibility index (Phi) is 14.3. The van der Waals surface area contributed by atoms with Gasteiger partial charge in [-0.2, -0.15) is 0 Å². The van der Waals surface area contributed by atoms with Crippen molar-refractivity contribution in [2.45, 2.75) is 132 Å². The van der Waals surface area contributed by atoms with E-state index in [-0.39, 0.29) is 11.6 Å². The van der Waals surface area contributed by atoms with E-state index in [2.05, 4.69) is 129 Å². The number of hydrogen-bond acceptors (Lipinski definition) is 3. The summed E-state index contributed by atoms with van der Waals surface area (Å²) in [7, 11) is 0. The summed E-state index contributed by atoms with van der Waals surface area (Å²) < 4.78 is 16.0. The normalized spacial score (nSPS) is 18.0. The molecule has 234 valence electrons. The zero-order chi connectivity index (χ0) is 31.2. The van der Waals surface area contributed by atoms with E-state index in [1.165, 1.54) is 56.9 Å². The van der Waals surface area contributed by atoms with E-state index in [9.17, 15) is 4.79 Å². The minimum absolute atomic E-state index is 0.146. The SMILES string of the molecule is Cc1c(C)c2c(c(C)c1OC(=O)c1cc(I)cc(I)c1I)CCC(C)(CCCC(C)CCCC(C)CCCC(C)C)O2. The van der Waals surface area contributed by atoms with Crippen LogP contribution in [0.5, 0.6) is 11.5 Å². The molecule has 0 bridgehead atoms. The Morgan fingerprint density at radius 3 is 2.10 bits per heavy atom. The summed E-state index contributed by atoms with van der Waals surface area (Å²) in [6, 6.07) is 3.99. The van der Waals surface area contributed by atoms with E-state index in [0.29, 0.717) is 11.3 Å². The zero-order valence-electron chi connectivity index (χ0n) is 27.0. The lowest BCUT2D eigenvalue weighted by atomic mass is 9.83. The van der Waals surface area contributed by atoms with Crippen molar-refractivity contribution >= 4 is 73.7 Å². The molecule has 0 amide bonds. The molecular formula is C36H51I3O3. The van der Waals surface area contributed by atoms with Crippen molar-refractivity contribution in [1.29, 1.82) is 0 Å². The molecule has 6 heteroatoms. The topological polar surface area (TPSA) is 35.5 Å². The summed E-state index contributed by atoms with van der Waals surface area (Å²) >= 11 is 6.77. The van der Waals surface area contributed by atoms with Crippen LogP contribution in [-0.4, -0.2) is 11.6 Å². The molecule has 3 atom stereocenters. The van der Waals surface area contributed by atoms with Crippen LogP contribution in [0.4, 0.5) is 0 Å². The highest BCUT2D eigenvalue weighted by Gasteiger charge is 2.35. The summed E-state index contributed by atoms with van der Waals surface area (Å²) in [5.74, 6) is 3.87. The fraction of sp³-hybridized carbons (Fsp3) is 0.639. The van der Waals surface area contributed by atoms with E-state index in [0.717, 1.165) is 70.2 Å². The van der Waals surface area contributed by atoms with Gasteiger partial charge >= 0.3 is 5.97 Å². The number of esters is 1. The van der Waals surface area contributed by atoms with Crippen LogP contribution in [0.15, 0.2) is 12.1 Å². The molecule has 0 aromatic heterocycles. The Hall–Kier alpha value is -0.1000. The molecular weight excluding hydrogens is 861 g/mol. The van der Waals surface area contributed by atoms with Crippen LogP contribution >= 0.6 is 67.8 Å². The summed E-state index contributed by atoms with van der Waals surface area (Å²) in [5, 5.41) is 0. The Morgan fingerprint density at radius 1 is 0.881 bits per heavy atom. The van der Waals surface area contributed by atoms with Crippen molar-refractivity contribution in [3.8, 4) is 11.5 Å². The van der Waals surface area contributed by atoms with Crippen LogP contribution in [0.2, 0.25) is 0 Å². The molecule has 1 aliphatic rings. The monoisotopic (exact) mass is 912 g/mol. The fourth-order valence-corrected chi connectivity index (χ4v) is 8.64. The van der Waals surface area contributed by atoms with Crippen molar-refractivity contribution in [1.82, 2.24) is 0 Å². The predicted molar refractivity (Wildman–Crippen MR) is 202 cm³/mol. The van der Waals surface area contributed by atoms with Gasteiger partial charge in [0.05, 0.1) is 5.56 Å². The van der Waals surface area contributed by atoms with Crippen LogP contribution in [0.3, 0.4) is 0 Å². The van der Waals surface area contributed by atoms with Crippen molar-refractivity contribution in [3.63, 3.8) is 0 Å². The standard InChI is InChI=1S/C36H51I3O3/c1-22(2)12-9-13-23(3)14-10-15-24(4)16-11-18-36(8)19-17-29-27(7)33(25(5)26(6)34(29)42-36)41-35(40)30-20-28(37)21-31(38)32(30)39/h20-24H,9-19H2,1-8H3. The van der Waals surface area contributed by atoms with Gasteiger partial charge in [0.2, 0.25) is 0 Å². The van der Waals surface area contributed by atoms with Gasteiger partial charge in [0.1, 0.15) is 17.1 Å². The van der Waals surface area contributed by atoms with Gasteiger partial charge in [-0.3, -0.25) is 0 Å². The third-order valence-corrected chi connectivity index (χ3v) is 12.9. The van der Waals surface area contributed by atoms with Crippen LogP contribution < -0.4 is 9.47 Å². The Morgan fingerprint density at radius 2 is 1.48 bits per heavy atom. The van der Waals surface area contributed by atoms with Gasteiger partial charge in [-0.05, 0) is 168 Å². The third-order valence-electron chi connectivity index (χ3n) is 9.25. The molecule has 2 aromatic carbocycles. The molecule has 3 unspecified atom stereocenters. The average molecular weight is 913 g/mol. The summed E-state index contributed by atoms with van der Waals surface area (Å²) in [6.45, 7) is 18.1. The fourth-order valence-electron chi connectivity index (χ4n) is 6.27. The van der Waals surface area contributed by atoms with Crippen LogP contribution in [0, 0.1) is 49.2 Å². The molecule has 3 nitrogen and oxygen atoms in total. The molecule has 3 rings (SSSR count). The number of rotatable bonds is 14. The molecule has 1 heterocycles. The Balaban J connectivity index is 1.57. The quantitative estimate of drug-likeness (QED) is 0.0820. The molecule has 0 aliphatic carbocycles. The maximum Gasteiger partial charge on any atom is 0.344 e. The van der Waals surface area contributed by atoms with Gasteiger partial charge in [-0.25, -0.2) is 4.79 Å². The third kappa shape index (κ3) is 9.95. The number of benzene rings is 2. The van der Waals surface area contributed by atoms with Crippen molar-refractivity contribution in [2.75, 3.05) is 0 Å². The molecule has 0 saturated heterocycles. The van der Waals surface area contributed by atoms with Crippen molar-refractivity contribution < 1.29 is 14.3 Å². The lowest BCUT2D eigenvalue weighted by Gasteiger charge is -2.38. The first-order chi connectivity index (χ1) is 19.7. The molecule has 0 fully saturated rings. The predicted octanol–water partition coefficient (Wildman–Crippen LogP) is 12.2. The lowest BCUT2D eigenvalue weighted by molar-refractivity contribution is 0.0508. The molecule has 1 aliphatic heterocycles. The maximum absolute atomic E-state index is 13.3. The first kappa shape index (κ1) is 36.4. The minimum Gasteiger partial charge on any atom is -0.487 e. The highest BCUT2D eigenvalue weighted by molar-refractivity contribution is 14.1. The molecule has 0 radical (unpaired) electrons. The molecule has 0 saturated carbocycles. The Labute approximate surface area is 296 Å². The second-order valence-corrected chi connectivity index (χ2v) is 17.0. The number of hydrogen-bond donors (Lipinski definition) is 0. The van der Waals surface area contributed by atoms with Gasteiger partial charge in [-0.1, -0.05) is 72.6 Å². The maximum atomic E-state index is 13.3. The van der Waals surface area contributed by atoms with Gasteiger partial charge in [0.25, 0.3) is 0 Å².